The normalized spacial score (nSPS) is 12.9. The summed E-state index contributed by atoms with van der Waals surface area (Å²) in [6, 6.07) is 0.599. The van der Waals surface area contributed by atoms with Crippen LogP contribution in [-0.2, 0) is 4.74 Å². The predicted molar refractivity (Wildman–Crippen MR) is 241 cm³/mol. The summed E-state index contributed by atoms with van der Waals surface area (Å²) < 4.78 is 5.91. The summed E-state index contributed by atoms with van der Waals surface area (Å²) in [6.07, 6.45) is 61.7. The molecular formula is C50H104N2O. The van der Waals surface area contributed by atoms with Gasteiger partial charge in [0, 0.05) is 25.3 Å². The third kappa shape index (κ3) is 48.0. The Morgan fingerprint density at radius 3 is 0.604 bits per heavy atom. The maximum absolute atomic E-state index is 6.38. The molecule has 3 heteroatoms. The first-order valence-corrected chi connectivity index (χ1v) is 25.3. The third-order valence-electron chi connectivity index (χ3n) is 12.1. The summed E-state index contributed by atoms with van der Waals surface area (Å²) in [6.45, 7) is 6.20. The van der Waals surface area contributed by atoms with Gasteiger partial charge in [0.05, 0.1) is 0 Å². The van der Waals surface area contributed by atoms with E-state index in [4.69, 9.17) is 16.2 Å². The van der Waals surface area contributed by atoms with Gasteiger partial charge in [-0.05, 0) is 25.7 Å². The summed E-state index contributed by atoms with van der Waals surface area (Å²) in [5.74, 6) is 0. The molecule has 0 aliphatic carbocycles. The fourth-order valence-corrected chi connectivity index (χ4v) is 8.18. The lowest BCUT2D eigenvalue weighted by molar-refractivity contribution is 0.119. The number of ether oxygens (including phenoxy) is 1. The predicted octanol–water partition coefficient (Wildman–Crippen LogP) is 16.9. The summed E-state index contributed by atoms with van der Waals surface area (Å²) in [4.78, 5) is 0. The highest BCUT2D eigenvalue weighted by Gasteiger charge is 2.06. The number of hydrogen-bond donors (Lipinski definition) is 2. The third-order valence-corrected chi connectivity index (χ3v) is 12.1. The first kappa shape index (κ1) is 52.9. The molecule has 0 amide bonds. The van der Waals surface area contributed by atoms with E-state index in [9.17, 15) is 0 Å². The molecule has 0 saturated carbocycles. The Balaban J connectivity index is 3.23. The minimum Gasteiger partial charge on any atom is -0.381 e. The van der Waals surface area contributed by atoms with Crippen LogP contribution in [-0.4, -0.2) is 25.3 Å². The van der Waals surface area contributed by atoms with Gasteiger partial charge in [-0.15, -0.1) is 0 Å². The maximum atomic E-state index is 6.38. The van der Waals surface area contributed by atoms with Crippen molar-refractivity contribution in [1.29, 1.82) is 0 Å². The average molecular weight is 749 g/mol. The van der Waals surface area contributed by atoms with E-state index >= 15 is 0 Å². The molecule has 0 rings (SSSR count). The molecule has 0 saturated heterocycles. The molecule has 0 bridgehead atoms. The van der Waals surface area contributed by atoms with Crippen molar-refractivity contribution in [3.05, 3.63) is 0 Å². The molecule has 320 valence electrons. The topological polar surface area (TPSA) is 61.3 Å². The first-order valence-electron chi connectivity index (χ1n) is 25.3. The molecular weight excluding hydrogens is 645 g/mol. The van der Waals surface area contributed by atoms with E-state index in [1.165, 1.54) is 257 Å². The quantitative estimate of drug-likeness (QED) is 0.0609. The van der Waals surface area contributed by atoms with Crippen molar-refractivity contribution in [1.82, 2.24) is 0 Å². The largest absolute Gasteiger partial charge is 0.381 e. The van der Waals surface area contributed by atoms with E-state index in [0.29, 0.717) is 12.1 Å². The van der Waals surface area contributed by atoms with Crippen LogP contribution in [0.25, 0.3) is 0 Å². The van der Waals surface area contributed by atoms with Gasteiger partial charge in [-0.3, -0.25) is 0 Å². The molecule has 2 unspecified atom stereocenters. The summed E-state index contributed by atoms with van der Waals surface area (Å²) in [5, 5.41) is 0. The van der Waals surface area contributed by atoms with Crippen LogP contribution in [0.5, 0.6) is 0 Å². The summed E-state index contributed by atoms with van der Waals surface area (Å²) in [5.41, 5.74) is 12.8. The van der Waals surface area contributed by atoms with Crippen LogP contribution in [0.4, 0.5) is 0 Å². The lowest BCUT2D eigenvalue weighted by Crippen LogP contribution is -2.24. The Morgan fingerprint density at radius 1 is 0.245 bits per heavy atom. The van der Waals surface area contributed by atoms with Gasteiger partial charge in [0.2, 0.25) is 0 Å². The highest BCUT2D eigenvalue weighted by molar-refractivity contribution is 4.64. The van der Waals surface area contributed by atoms with Gasteiger partial charge in [-0.25, -0.2) is 0 Å². The highest BCUT2D eigenvalue weighted by atomic mass is 16.5. The van der Waals surface area contributed by atoms with E-state index < -0.39 is 0 Å². The number of hydrogen-bond acceptors (Lipinski definition) is 3. The van der Waals surface area contributed by atoms with Crippen molar-refractivity contribution < 1.29 is 4.74 Å². The number of nitrogens with two attached hydrogens (primary N) is 2. The molecule has 53 heavy (non-hydrogen) atoms. The average Bonchev–Trinajstić information content (AvgIpc) is 3.16. The Labute approximate surface area is 336 Å². The smallest absolute Gasteiger partial charge is 0.0480 e. The van der Waals surface area contributed by atoms with E-state index in [1.54, 1.807) is 0 Å². The molecule has 0 fully saturated rings. The SMILES string of the molecule is CCCCCCCCCCCCCCCCCCCCCCC(N)CCOCCC(N)CCCCCCCCCCCCCCCCCCCCCC. The minimum absolute atomic E-state index is 0.300. The van der Waals surface area contributed by atoms with Gasteiger partial charge in [0.15, 0.2) is 0 Å². The second-order valence-electron chi connectivity index (χ2n) is 17.7. The van der Waals surface area contributed by atoms with Gasteiger partial charge in [0.1, 0.15) is 0 Å². The van der Waals surface area contributed by atoms with Crippen molar-refractivity contribution >= 4 is 0 Å². The molecule has 0 aliphatic heterocycles. The Bertz CT molecular complexity index is 575. The Morgan fingerprint density at radius 2 is 0.415 bits per heavy atom. The van der Waals surface area contributed by atoms with Crippen molar-refractivity contribution in [3.63, 3.8) is 0 Å². The van der Waals surface area contributed by atoms with Crippen LogP contribution in [0.2, 0.25) is 0 Å². The van der Waals surface area contributed by atoms with Crippen molar-refractivity contribution in [3.8, 4) is 0 Å². The van der Waals surface area contributed by atoms with Crippen LogP contribution >= 0.6 is 0 Å². The molecule has 2 atom stereocenters. The number of rotatable bonds is 48. The fraction of sp³-hybridized carbons (Fsp3) is 1.00. The minimum atomic E-state index is 0.300. The molecule has 0 aromatic heterocycles. The molecule has 0 aromatic rings. The van der Waals surface area contributed by atoms with Crippen LogP contribution in [0, 0.1) is 0 Å². The van der Waals surface area contributed by atoms with Crippen molar-refractivity contribution in [2.24, 2.45) is 11.5 Å². The van der Waals surface area contributed by atoms with E-state index in [0.717, 1.165) is 38.9 Å². The van der Waals surface area contributed by atoms with Crippen molar-refractivity contribution in [2.45, 2.75) is 308 Å². The second-order valence-corrected chi connectivity index (χ2v) is 17.7. The monoisotopic (exact) mass is 749 g/mol. The molecule has 0 aromatic carbocycles. The Kier molecular flexibility index (Phi) is 47.9. The van der Waals surface area contributed by atoms with Gasteiger partial charge in [0.25, 0.3) is 0 Å². The summed E-state index contributed by atoms with van der Waals surface area (Å²) in [7, 11) is 0. The van der Waals surface area contributed by atoms with Gasteiger partial charge >= 0.3 is 0 Å². The van der Waals surface area contributed by atoms with Crippen LogP contribution in [0.3, 0.4) is 0 Å². The van der Waals surface area contributed by atoms with Gasteiger partial charge in [-0.1, -0.05) is 271 Å². The van der Waals surface area contributed by atoms with E-state index in [1.807, 2.05) is 0 Å². The molecule has 0 radical (unpaired) electrons. The fourth-order valence-electron chi connectivity index (χ4n) is 8.18. The highest BCUT2D eigenvalue weighted by Crippen LogP contribution is 2.17. The second kappa shape index (κ2) is 48.0. The lowest BCUT2D eigenvalue weighted by Gasteiger charge is -2.14. The molecule has 0 aliphatic rings. The van der Waals surface area contributed by atoms with E-state index in [2.05, 4.69) is 13.8 Å². The van der Waals surface area contributed by atoms with Crippen molar-refractivity contribution in [2.75, 3.05) is 13.2 Å². The van der Waals surface area contributed by atoms with E-state index in [-0.39, 0.29) is 0 Å². The molecule has 4 N–H and O–H groups in total. The first-order chi connectivity index (χ1) is 26.2. The zero-order valence-electron chi connectivity index (χ0n) is 37.2. The zero-order chi connectivity index (χ0) is 38.4. The standard InChI is InChI=1S/C50H104N2O/c1-3-5-7-9-11-13-15-17-19-21-23-25-27-29-31-33-35-37-39-41-43-49(51)45-47-53-48-46-50(52)44-42-40-38-36-34-32-30-28-26-24-22-20-18-16-14-12-10-8-6-4-2/h49-50H,3-48,51-52H2,1-2H3. The molecule has 0 heterocycles. The molecule has 3 nitrogen and oxygen atoms in total. The van der Waals surface area contributed by atoms with Gasteiger partial charge in [-0.2, -0.15) is 0 Å². The Hall–Kier alpha value is -0.120. The maximum Gasteiger partial charge on any atom is 0.0480 e. The zero-order valence-corrected chi connectivity index (χ0v) is 37.2. The lowest BCUT2D eigenvalue weighted by atomic mass is 10.0. The number of unbranched alkanes of at least 4 members (excludes halogenated alkanes) is 38. The van der Waals surface area contributed by atoms with Crippen LogP contribution < -0.4 is 11.5 Å². The molecule has 0 spiro atoms. The van der Waals surface area contributed by atoms with Crippen LogP contribution in [0.15, 0.2) is 0 Å². The summed E-state index contributed by atoms with van der Waals surface area (Å²) >= 11 is 0. The van der Waals surface area contributed by atoms with Gasteiger partial charge < -0.3 is 16.2 Å². The van der Waals surface area contributed by atoms with Crippen LogP contribution in [0.1, 0.15) is 296 Å².